The Bertz CT molecular complexity index is 29.0. The molecule has 0 radical (unpaired) electrons. The zero-order valence-corrected chi connectivity index (χ0v) is 6.91. The van der Waals surface area contributed by atoms with Crippen LogP contribution >= 0.6 is 18.8 Å². The van der Waals surface area contributed by atoms with E-state index in [0.29, 0.717) is 7.12 Å². The molecule has 0 bridgehead atoms. The standard InChI is InChI=1S/CH4S2.W/c1-3-2;/h2H,1H3;. The molecule has 0 spiro atoms. The molecule has 0 saturated heterocycles. The van der Waals surface area contributed by atoms with Crippen molar-refractivity contribution in [2.24, 2.45) is 0 Å². The van der Waals surface area contributed by atoms with Crippen molar-refractivity contribution in [1.82, 2.24) is 0 Å². The van der Waals surface area contributed by atoms with Gasteiger partial charge in [0.1, 0.15) is 0 Å². The minimum atomic E-state index is 0.417. The fourth-order valence-electron chi connectivity index (χ4n) is 0. The third-order valence-electron chi connectivity index (χ3n) is 0. The van der Waals surface area contributed by atoms with Crippen molar-refractivity contribution in [3.05, 3.63) is 0 Å². The van der Waals surface area contributed by atoms with E-state index in [9.17, 15) is 0 Å². The Hall–Kier alpha value is 1.39. The van der Waals surface area contributed by atoms with E-state index in [1.165, 1.54) is 0 Å². The molecule has 0 fully saturated rings. The number of hydrogen-bond acceptors (Lipinski definition) is 1. The zero-order valence-electron chi connectivity index (χ0n) is 2.26. The summed E-state index contributed by atoms with van der Waals surface area (Å²) in [5, 5.41) is 0. The monoisotopic (exact) mass is 264 g/mol. The average Bonchev–Trinajstić information content (AvgIpc) is 0.811. The zero-order chi connectivity index (χ0) is 3.58. The Morgan fingerprint density at radius 2 is 2.00 bits per heavy atom. The Morgan fingerprint density at radius 3 is 2.00 bits per heavy atom. The Kier molecular flexibility index (Phi) is 3.52. The SMILES string of the molecule is C[S](S)=[W]. The van der Waals surface area contributed by atoms with Crippen LogP contribution in [0.1, 0.15) is 0 Å². The summed E-state index contributed by atoms with van der Waals surface area (Å²) >= 11 is 5.60. The molecule has 0 aliphatic heterocycles. The van der Waals surface area contributed by atoms with E-state index in [-0.39, 0.29) is 0 Å². The molecule has 1 unspecified atom stereocenters. The molecule has 3 heteroatoms. The van der Waals surface area contributed by atoms with Gasteiger partial charge in [0, 0.05) is 0 Å². The van der Waals surface area contributed by atoms with Crippen molar-refractivity contribution in [1.29, 1.82) is 0 Å². The average molecular weight is 264 g/mol. The van der Waals surface area contributed by atoms with Crippen molar-refractivity contribution < 1.29 is 18.0 Å². The van der Waals surface area contributed by atoms with Crippen LogP contribution in [0.15, 0.2) is 0 Å². The van der Waals surface area contributed by atoms with Crippen LogP contribution in [-0.4, -0.2) is 6.26 Å². The van der Waals surface area contributed by atoms with Crippen LogP contribution in [0.2, 0.25) is 0 Å². The second-order valence-electron chi connectivity index (χ2n) is 0.424. The van der Waals surface area contributed by atoms with E-state index >= 15 is 0 Å². The summed E-state index contributed by atoms with van der Waals surface area (Å²) in [6, 6.07) is 0. The summed E-state index contributed by atoms with van der Waals surface area (Å²) in [5.41, 5.74) is 0. The molecule has 0 aromatic heterocycles. The van der Waals surface area contributed by atoms with Gasteiger partial charge in [0.05, 0.1) is 0 Å². The number of hydrogen-bond donors (Lipinski definition) is 1. The van der Waals surface area contributed by atoms with Crippen LogP contribution in [0.3, 0.4) is 0 Å². The van der Waals surface area contributed by atoms with Gasteiger partial charge in [0.2, 0.25) is 0 Å². The van der Waals surface area contributed by atoms with Gasteiger partial charge in [-0.15, -0.1) is 0 Å². The molecule has 0 aromatic carbocycles. The molecule has 4 heavy (non-hydrogen) atoms. The van der Waals surface area contributed by atoms with Gasteiger partial charge in [-0.3, -0.25) is 0 Å². The van der Waals surface area contributed by atoms with Crippen LogP contribution in [-0.2, 0) is 18.0 Å². The Balaban J connectivity index is 2.80. The predicted molar refractivity (Wildman–Crippen MR) is 22.5 cm³/mol. The van der Waals surface area contributed by atoms with E-state index in [0.717, 1.165) is 0 Å². The predicted octanol–water partition coefficient (Wildman–Crippen LogP) is 1.19. The van der Waals surface area contributed by atoms with E-state index in [4.69, 9.17) is 0 Å². The van der Waals surface area contributed by atoms with Crippen molar-refractivity contribution in [3.8, 4) is 0 Å². The van der Waals surface area contributed by atoms with Crippen LogP contribution < -0.4 is 0 Å². The summed E-state index contributed by atoms with van der Waals surface area (Å²) in [6.07, 6.45) is 2.10. The van der Waals surface area contributed by atoms with Crippen molar-refractivity contribution in [2.45, 2.75) is 0 Å². The molecular weight excluding hydrogens is 260 g/mol. The summed E-state index contributed by atoms with van der Waals surface area (Å²) < 4.78 is 0. The van der Waals surface area contributed by atoms with Crippen LogP contribution in [0.5, 0.6) is 0 Å². The topological polar surface area (TPSA) is 0 Å². The molecule has 1 atom stereocenters. The normalized spacial score (nSPS) is 15.5. The number of rotatable bonds is 0. The molecular formula is CH4S2W. The summed E-state index contributed by atoms with van der Waals surface area (Å²) in [5.74, 6) is 0. The van der Waals surface area contributed by atoms with Gasteiger partial charge >= 0.3 is 43.0 Å². The van der Waals surface area contributed by atoms with E-state index in [2.05, 4.69) is 17.9 Å². The third kappa shape index (κ3) is 10.0. The summed E-state index contributed by atoms with van der Waals surface area (Å²) in [4.78, 5) is 0. The second kappa shape index (κ2) is 2.62. The molecule has 26 valence electrons. The maximum atomic E-state index is 4.03. The van der Waals surface area contributed by atoms with Crippen LogP contribution in [0.4, 0.5) is 0 Å². The maximum absolute atomic E-state index is 4.03. The van der Waals surface area contributed by atoms with Gasteiger partial charge in [-0.05, 0) is 0 Å². The summed E-state index contributed by atoms with van der Waals surface area (Å²) in [7, 11) is 0.417. The van der Waals surface area contributed by atoms with Crippen molar-refractivity contribution in [2.75, 3.05) is 6.26 Å². The van der Waals surface area contributed by atoms with E-state index in [1.807, 2.05) is 0 Å². The molecule has 0 N–H and O–H groups in total. The minimum absolute atomic E-state index is 0.417. The first-order chi connectivity index (χ1) is 1.73. The first kappa shape index (κ1) is 5.39. The second-order valence-corrected chi connectivity index (χ2v) is 11.2. The van der Waals surface area contributed by atoms with Gasteiger partial charge in [-0.25, -0.2) is 0 Å². The van der Waals surface area contributed by atoms with Crippen molar-refractivity contribution >= 4 is 18.8 Å². The van der Waals surface area contributed by atoms with Gasteiger partial charge in [-0.1, -0.05) is 0 Å². The molecule has 0 nitrogen and oxygen atoms in total. The van der Waals surface area contributed by atoms with Gasteiger partial charge < -0.3 is 0 Å². The molecule has 0 saturated carbocycles. The first-order valence-electron chi connectivity index (χ1n) is 0.757. The fourth-order valence-corrected chi connectivity index (χ4v) is 0. The molecule has 0 aliphatic carbocycles. The van der Waals surface area contributed by atoms with E-state index < -0.39 is 0 Å². The molecule has 0 aromatic rings. The van der Waals surface area contributed by atoms with Crippen LogP contribution in [0, 0.1) is 0 Å². The third-order valence-corrected chi connectivity index (χ3v) is 0. The van der Waals surface area contributed by atoms with E-state index in [1.54, 1.807) is 18.0 Å². The van der Waals surface area contributed by atoms with Crippen molar-refractivity contribution in [3.63, 3.8) is 0 Å². The molecule has 0 heterocycles. The first-order valence-corrected chi connectivity index (χ1v) is 6.96. The fraction of sp³-hybridized carbons (Fsp3) is 1.00. The number of thiol groups is 1. The molecule has 0 rings (SSSR count). The molecule has 0 aliphatic rings. The Labute approximate surface area is 43.1 Å². The Morgan fingerprint density at radius 1 is 2.00 bits per heavy atom. The summed E-state index contributed by atoms with van der Waals surface area (Å²) in [6.45, 7) is 0. The van der Waals surface area contributed by atoms with Gasteiger partial charge in [-0.2, -0.15) is 0 Å². The quantitative estimate of drug-likeness (QED) is 0.493. The van der Waals surface area contributed by atoms with Gasteiger partial charge in [0.15, 0.2) is 0 Å². The molecule has 0 amide bonds. The van der Waals surface area contributed by atoms with Gasteiger partial charge in [0.25, 0.3) is 0 Å². The van der Waals surface area contributed by atoms with Crippen LogP contribution in [0.25, 0.3) is 0 Å².